The van der Waals surface area contributed by atoms with Gasteiger partial charge in [0, 0.05) is 16.3 Å². The van der Waals surface area contributed by atoms with E-state index in [-0.39, 0.29) is 5.82 Å². The monoisotopic (exact) mass is 307 g/mol. The lowest BCUT2D eigenvalue weighted by molar-refractivity contribution is -0.141. The molecule has 0 saturated heterocycles. The van der Waals surface area contributed by atoms with Gasteiger partial charge >= 0.3 is 5.97 Å². The van der Waals surface area contributed by atoms with Crippen LogP contribution in [0.1, 0.15) is 17.2 Å². The molecule has 2 aromatic rings. The van der Waals surface area contributed by atoms with Crippen molar-refractivity contribution in [3.05, 3.63) is 64.4 Å². The van der Waals surface area contributed by atoms with E-state index in [9.17, 15) is 9.18 Å². The molecule has 0 bridgehead atoms. The fourth-order valence-electron chi connectivity index (χ4n) is 1.99. The van der Waals surface area contributed by atoms with Crippen molar-refractivity contribution < 1.29 is 13.9 Å². The van der Waals surface area contributed by atoms with Crippen molar-refractivity contribution in [3.63, 3.8) is 0 Å². The third-order valence-corrected chi connectivity index (χ3v) is 3.47. The number of anilines is 1. The van der Waals surface area contributed by atoms with Crippen LogP contribution in [0.5, 0.6) is 0 Å². The average Bonchev–Trinajstić information content (AvgIpc) is 2.48. The standard InChI is InChI=1S/C16H15ClFNO2/c1-10-9-11(7-8-14(10)18)19-15(16(20)21-2)12-5-3-4-6-13(12)17/h3-9,15,19H,1-2H3. The maximum absolute atomic E-state index is 13.3. The molecule has 3 nitrogen and oxygen atoms in total. The molecule has 0 spiro atoms. The normalized spacial score (nSPS) is 11.8. The van der Waals surface area contributed by atoms with Crippen LogP contribution in [0.4, 0.5) is 10.1 Å². The molecule has 1 N–H and O–H groups in total. The summed E-state index contributed by atoms with van der Waals surface area (Å²) in [5.74, 6) is -0.766. The van der Waals surface area contributed by atoms with Gasteiger partial charge in [0.1, 0.15) is 5.82 Å². The van der Waals surface area contributed by atoms with E-state index in [1.807, 2.05) is 0 Å². The summed E-state index contributed by atoms with van der Waals surface area (Å²) < 4.78 is 18.1. The summed E-state index contributed by atoms with van der Waals surface area (Å²) >= 11 is 6.13. The second kappa shape index (κ2) is 6.59. The molecule has 0 heterocycles. The van der Waals surface area contributed by atoms with Crippen LogP contribution < -0.4 is 5.32 Å². The van der Waals surface area contributed by atoms with E-state index < -0.39 is 12.0 Å². The Morgan fingerprint density at radius 3 is 2.62 bits per heavy atom. The van der Waals surface area contributed by atoms with Crippen molar-refractivity contribution in [2.24, 2.45) is 0 Å². The minimum atomic E-state index is -0.756. The number of rotatable bonds is 4. The summed E-state index contributed by atoms with van der Waals surface area (Å²) in [5.41, 5.74) is 1.71. The van der Waals surface area contributed by atoms with Crippen LogP contribution in [-0.2, 0) is 9.53 Å². The van der Waals surface area contributed by atoms with Gasteiger partial charge in [-0.1, -0.05) is 29.8 Å². The van der Waals surface area contributed by atoms with Crippen molar-refractivity contribution in [1.29, 1.82) is 0 Å². The Hall–Kier alpha value is -2.07. The van der Waals surface area contributed by atoms with E-state index in [0.717, 1.165) is 0 Å². The zero-order valence-electron chi connectivity index (χ0n) is 11.7. The van der Waals surface area contributed by atoms with Crippen LogP contribution in [0, 0.1) is 12.7 Å². The zero-order chi connectivity index (χ0) is 15.4. The number of carbonyl (C=O) groups is 1. The lowest BCUT2D eigenvalue weighted by atomic mass is 10.1. The maximum Gasteiger partial charge on any atom is 0.333 e. The second-order valence-corrected chi connectivity index (χ2v) is 4.99. The van der Waals surface area contributed by atoms with E-state index in [0.29, 0.717) is 21.8 Å². The first kappa shape index (κ1) is 15.3. The first-order valence-electron chi connectivity index (χ1n) is 6.38. The van der Waals surface area contributed by atoms with Crippen molar-refractivity contribution in [2.45, 2.75) is 13.0 Å². The summed E-state index contributed by atoms with van der Waals surface area (Å²) in [6.07, 6.45) is 0. The quantitative estimate of drug-likeness (QED) is 0.864. The summed E-state index contributed by atoms with van der Waals surface area (Å²) in [6.45, 7) is 1.66. The highest BCUT2D eigenvalue weighted by molar-refractivity contribution is 6.31. The van der Waals surface area contributed by atoms with Gasteiger partial charge in [-0.2, -0.15) is 0 Å². The molecule has 1 atom stereocenters. The fraction of sp³-hybridized carbons (Fsp3) is 0.188. The highest BCUT2D eigenvalue weighted by Gasteiger charge is 2.23. The van der Waals surface area contributed by atoms with Crippen LogP contribution in [0.15, 0.2) is 42.5 Å². The molecule has 1 unspecified atom stereocenters. The number of halogens is 2. The molecule has 0 amide bonds. The Balaban J connectivity index is 2.35. The van der Waals surface area contributed by atoms with Crippen molar-refractivity contribution >= 4 is 23.3 Å². The fourth-order valence-corrected chi connectivity index (χ4v) is 2.24. The Morgan fingerprint density at radius 1 is 1.29 bits per heavy atom. The summed E-state index contributed by atoms with van der Waals surface area (Å²) in [7, 11) is 1.31. The van der Waals surface area contributed by atoms with E-state index in [1.54, 1.807) is 43.3 Å². The first-order valence-corrected chi connectivity index (χ1v) is 6.75. The van der Waals surface area contributed by atoms with Crippen molar-refractivity contribution in [1.82, 2.24) is 0 Å². The topological polar surface area (TPSA) is 38.3 Å². The molecule has 110 valence electrons. The van der Waals surface area contributed by atoms with E-state index in [1.165, 1.54) is 13.2 Å². The molecular formula is C16H15ClFNO2. The van der Waals surface area contributed by atoms with Gasteiger partial charge in [-0.05, 0) is 36.8 Å². The largest absolute Gasteiger partial charge is 0.467 e. The lowest BCUT2D eigenvalue weighted by Gasteiger charge is -2.19. The van der Waals surface area contributed by atoms with Gasteiger partial charge in [-0.15, -0.1) is 0 Å². The number of esters is 1. The van der Waals surface area contributed by atoms with E-state index in [4.69, 9.17) is 16.3 Å². The number of benzene rings is 2. The van der Waals surface area contributed by atoms with Crippen LogP contribution in [0.2, 0.25) is 5.02 Å². The second-order valence-electron chi connectivity index (χ2n) is 4.59. The van der Waals surface area contributed by atoms with Gasteiger partial charge in [-0.3, -0.25) is 0 Å². The van der Waals surface area contributed by atoms with E-state index >= 15 is 0 Å². The Kier molecular flexibility index (Phi) is 4.81. The minimum Gasteiger partial charge on any atom is -0.467 e. The Morgan fingerprint density at radius 2 is 2.00 bits per heavy atom. The van der Waals surface area contributed by atoms with Gasteiger partial charge in [0.25, 0.3) is 0 Å². The van der Waals surface area contributed by atoms with Crippen LogP contribution in [0.3, 0.4) is 0 Å². The lowest BCUT2D eigenvalue weighted by Crippen LogP contribution is -2.22. The Labute approximate surface area is 127 Å². The molecule has 0 aromatic heterocycles. The maximum atomic E-state index is 13.3. The van der Waals surface area contributed by atoms with Gasteiger partial charge in [0.2, 0.25) is 0 Å². The number of hydrogen-bond donors (Lipinski definition) is 1. The van der Waals surface area contributed by atoms with Gasteiger partial charge in [0.15, 0.2) is 6.04 Å². The molecular weight excluding hydrogens is 293 g/mol. The van der Waals surface area contributed by atoms with Crippen molar-refractivity contribution in [3.8, 4) is 0 Å². The molecule has 5 heteroatoms. The first-order chi connectivity index (χ1) is 10.0. The van der Waals surface area contributed by atoms with Crippen LogP contribution in [-0.4, -0.2) is 13.1 Å². The number of hydrogen-bond acceptors (Lipinski definition) is 3. The highest BCUT2D eigenvalue weighted by Crippen LogP contribution is 2.27. The minimum absolute atomic E-state index is 0.298. The van der Waals surface area contributed by atoms with Gasteiger partial charge < -0.3 is 10.1 Å². The third kappa shape index (κ3) is 3.52. The number of methoxy groups -OCH3 is 1. The van der Waals surface area contributed by atoms with E-state index in [2.05, 4.69) is 5.32 Å². The van der Waals surface area contributed by atoms with Gasteiger partial charge in [0.05, 0.1) is 7.11 Å². The molecule has 0 aliphatic rings. The number of aryl methyl sites for hydroxylation is 1. The Bertz CT molecular complexity index is 660. The predicted molar refractivity (Wildman–Crippen MR) is 81.0 cm³/mol. The SMILES string of the molecule is COC(=O)C(Nc1ccc(F)c(C)c1)c1ccccc1Cl. The smallest absolute Gasteiger partial charge is 0.333 e. The summed E-state index contributed by atoms with van der Waals surface area (Å²) in [5, 5.41) is 3.49. The predicted octanol–water partition coefficient (Wildman–Crippen LogP) is 4.11. The molecule has 0 fully saturated rings. The molecule has 2 aromatic carbocycles. The summed E-state index contributed by atoms with van der Waals surface area (Å²) in [4.78, 5) is 12.0. The van der Waals surface area contributed by atoms with Crippen molar-refractivity contribution in [2.75, 3.05) is 12.4 Å². The molecule has 21 heavy (non-hydrogen) atoms. The van der Waals surface area contributed by atoms with Gasteiger partial charge in [-0.25, -0.2) is 9.18 Å². The molecule has 0 aliphatic carbocycles. The number of carbonyl (C=O) groups excluding carboxylic acids is 1. The molecule has 0 aliphatic heterocycles. The summed E-state index contributed by atoms with van der Waals surface area (Å²) in [6, 6.07) is 10.8. The molecule has 0 saturated carbocycles. The zero-order valence-corrected chi connectivity index (χ0v) is 12.4. The number of ether oxygens (including phenoxy) is 1. The highest BCUT2D eigenvalue weighted by atomic mass is 35.5. The molecule has 2 rings (SSSR count). The number of nitrogens with one attached hydrogen (secondary N) is 1. The average molecular weight is 308 g/mol. The van der Waals surface area contributed by atoms with Crippen LogP contribution >= 0.6 is 11.6 Å². The third-order valence-electron chi connectivity index (χ3n) is 3.12. The van der Waals surface area contributed by atoms with Crippen LogP contribution in [0.25, 0.3) is 0 Å². The molecule has 0 radical (unpaired) electrons.